The van der Waals surface area contributed by atoms with Crippen LogP contribution in [0.25, 0.3) is 10.8 Å². The second-order valence-electron chi connectivity index (χ2n) is 8.86. The topological polar surface area (TPSA) is 86.8 Å². The molecule has 0 fully saturated rings. The number of benzene rings is 3. The molecule has 1 heterocycles. The van der Waals surface area contributed by atoms with Crippen LogP contribution >= 0.6 is 0 Å². The van der Waals surface area contributed by atoms with Gasteiger partial charge in [-0.1, -0.05) is 61.0 Å². The van der Waals surface area contributed by atoms with Gasteiger partial charge in [0, 0.05) is 31.9 Å². The first-order valence-corrected chi connectivity index (χ1v) is 13.3. The number of aryl methyl sites for hydroxylation is 1. The first kappa shape index (κ1) is 24.7. The van der Waals surface area contributed by atoms with E-state index in [0.29, 0.717) is 30.0 Å². The number of rotatable bonds is 9. The first-order valence-electron chi connectivity index (χ1n) is 11.9. The van der Waals surface area contributed by atoms with Gasteiger partial charge >= 0.3 is 0 Å². The van der Waals surface area contributed by atoms with Gasteiger partial charge in [-0.05, 0) is 42.8 Å². The minimum Gasteiger partial charge on any atom is -0.357 e. The van der Waals surface area contributed by atoms with Crippen molar-refractivity contribution in [2.75, 3.05) is 17.9 Å². The number of carbonyl (C=O) groups is 2. The Labute approximate surface area is 206 Å². The van der Waals surface area contributed by atoms with Crippen LogP contribution in [0.3, 0.4) is 0 Å². The fourth-order valence-electron chi connectivity index (χ4n) is 4.81. The van der Waals surface area contributed by atoms with Gasteiger partial charge in [-0.15, -0.1) is 0 Å². The zero-order valence-electron chi connectivity index (χ0n) is 20.3. The van der Waals surface area contributed by atoms with E-state index >= 15 is 0 Å². The minimum atomic E-state index is -3.66. The number of carbonyl (C=O) groups excluding carboxylic acids is 2. The zero-order chi connectivity index (χ0) is 25.2. The van der Waals surface area contributed by atoms with Crippen molar-refractivity contribution in [1.82, 2.24) is 10.2 Å². The highest BCUT2D eigenvalue weighted by Crippen LogP contribution is 2.42. The van der Waals surface area contributed by atoms with E-state index in [1.807, 2.05) is 56.3 Å². The van der Waals surface area contributed by atoms with Crippen LogP contribution in [0.5, 0.6) is 0 Å². The highest BCUT2D eigenvalue weighted by Gasteiger charge is 2.35. The smallest absolute Gasteiger partial charge is 0.265 e. The molecule has 4 rings (SSSR count). The lowest BCUT2D eigenvalue weighted by atomic mass is 10.1. The summed E-state index contributed by atoms with van der Waals surface area (Å²) in [4.78, 5) is 27.9. The predicted molar refractivity (Wildman–Crippen MR) is 138 cm³/mol. The number of sulfonamides is 1. The molecular weight excluding hydrogens is 462 g/mol. The van der Waals surface area contributed by atoms with Crippen molar-refractivity contribution in [3.8, 4) is 0 Å². The monoisotopic (exact) mass is 493 g/mol. The van der Waals surface area contributed by atoms with Gasteiger partial charge in [0.15, 0.2) is 0 Å². The summed E-state index contributed by atoms with van der Waals surface area (Å²) in [6.45, 7) is 4.38. The molecule has 8 heteroatoms. The van der Waals surface area contributed by atoms with Gasteiger partial charge < -0.3 is 10.2 Å². The van der Waals surface area contributed by atoms with E-state index in [2.05, 4.69) is 5.32 Å². The molecule has 1 unspecified atom stereocenters. The number of likely N-dealkylation sites (N-methyl/N-ethyl adjacent to an activating group) is 1. The summed E-state index contributed by atoms with van der Waals surface area (Å²) in [6.07, 6.45) is 0.962. The third-order valence-corrected chi connectivity index (χ3v) is 8.36. The first-order chi connectivity index (χ1) is 16.8. The van der Waals surface area contributed by atoms with Crippen LogP contribution in [0.15, 0.2) is 65.6 Å². The molecule has 0 bridgehead atoms. The molecule has 0 spiro atoms. The Bertz CT molecular complexity index is 1360. The summed E-state index contributed by atoms with van der Waals surface area (Å²) in [5.41, 5.74) is 2.68. The predicted octanol–water partition coefficient (Wildman–Crippen LogP) is 3.99. The van der Waals surface area contributed by atoms with E-state index in [4.69, 9.17) is 0 Å². The Balaban J connectivity index is 1.52. The highest BCUT2D eigenvalue weighted by atomic mass is 32.2. The maximum atomic E-state index is 13.4. The van der Waals surface area contributed by atoms with Gasteiger partial charge in [0.1, 0.15) is 6.04 Å². The van der Waals surface area contributed by atoms with E-state index < -0.39 is 16.1 Å². The molecular formula is C27H31N3O4S. The van der Waals surface area contributed by atoms with Crippen molar-refractivity contribution in [3.05, 3.63) is 71.8 Å². The maximum Gasteiger partial charge on any atom is 0.265 e. The van der Waals surface area contributed by atoms with Gasteiger partial charge in [0.05, 0.1) is 10.6 Å². The molecule has 7 nitrogen and oxygen atoms in total. The normalized spacial score (nSPS) is 14.7. The van der Waals surface area contributed by atoms with Crippen LogP contribution in [0.4, 0.5) is 5.69 Å². The Kier molecular flexibility index (Phi) is 7.12. The lowest BCUT2D eigenvalue weighted by Crippen LogP contribution is -2.48. The Morgan fingerprint density at radius 1 is 1.06 bits per heavy atom. The lowest BCUT2D eigenvalue weighted by Gasteiger charge is -2.30. The van der Waals surface area contributed by atoms with E-state index in [9.17, 15) is 18.0 Å². The van der Waals surface area contributed by atoms with Crippen LogP contribution in [-0.4, -0.2) is 44.8 Å². The average Bonchev–Trinajstić information content (AvgIpc) is 3.06. The van der Waals surface area contributed by atoms with Crippen LogP contribution in [-0.2, 0) is 26.2 Å². The quantitative estimate of drug-likeness (QED) is 0.488. The van der Waals surface area contributed by atoms with Gasteiger partial charge in [-0.3, -0.25) is 13.9 Å². The second kappa shape index (κ2) is 10.1. The molecule has 1 aliphatic heterocycles. The fraction of sp³-hybridized carbons (Fsp3) is 0.333. The molecule has 0 saturated carbocycles. The summed E-state index contributed by atoms with van der Waals surface area (Å²) in [6, 6.07) is 18.1. The van der Waals surface area contributed by atoms with Crippen molar-refractivity contribution in [2.24, 2.45) is 0 Å². The van der Waals surface area contributed by atoms with Gasteiger partial charge in [-0.2, -0.15) is 0 Å². The molecule has 1 atom stereocenters. The lowest BCUT2D eigenvalue weighted by molar-refractivity contribution is -0.141. The molecule has 0 aromatic heterocycles. The molecule has 3 aromatic rings. The van der Waals surface area contributed by atoms with Gasteiger partial charge in [0.2, 0.25) is 11.8 Å². The fourth-order valence-corrected chi connectivity index (χ4v) is 6.56. The van der Waals surface area contributed by atoms with Crippen molar-refractivity contribution < 1.29 is 18.0 Å². The summed E-state index contributed by atoms with van der Waals surface area (Å²) < 4.78 is 27.8. The van der Waals surface area contributed by atoms with E-state index in [1.165, 1.54) is 4.31 Å². The molecule has 1 aliphatic rings. The summed E-state index contributed by atoms with van der Waals surface area (Å²) in [7, 11) is -2.10. The second-order valence-corrected chi connectivity index (χ2v) is 10.7. The Morgan fingerprint density at radius 2 is 1.77 bits per heavy atom. The number of anilines is 1. The molecule has 2 amide bonds. The molecule has 184 valence electrons. The van der Waals surface area contributed by atoms with E-state index in [0.717, 1.165) is 21.9 Å². The highest BCUT2D eigenvalue weighted by molar-refractivity contribution is 7.93. The Hall–Kier alpha value is -3.39. The van der Waals surface area contributed by atoms with Crippen LogP contribution < -0.4 is 9.62 Å². The van der Waals surface area contributed by atoms with Crippen LogP contribution in [0, 0.1) is 6.92 Å². The Morgan fingerprint density at radius 3 is 2.46 bits per heavy atom. The summed E-state index contributed by atoms with van der Waals surface area (Å²) in [5, 5.41) is 4.27. The molecule has 0 saturated heterocycles. The van der Waals surface area contributed by atoms with Gasteiger partial charge in [-0.25, -0.2) is 8.42 Å². The van der Waals surface area contributed by atoms with Crippen molar-refractivity contribution in [1.29, 1.82) is 0 Å². The molecule has 1 N–H and O–H groups in total. The molecule has 3 aromatic carbocycles. The van der Waals surface area contributed by atoms with E-state index in [1.54, 1.807) is 30.1 Å². The number of nitrogens with zero attached hydrogens (tertiary/aromatic N) is 2. The van der Waals surface area contributed by atoms with Crippen molar-refractivity contribution in [2.45, 2.75) is 50.6 Å². The third kappa shape index (κ3) is 4.75. The number of hydrogen-bond acceptors (Lipinski definition) is 4. The van der Waals surface area contributed by atoms with Crippen LogP contribution in [0.2, 0.25) is 0 Å². The number of hydrogen-bond donors (Lipinski definition) is 1. The van der Waals surface area contributed by atoms with Gasteiger partial charge in [0.25, 0.3) is 10.0 Å². The average molecular weight is 494 g/mol. The van der Waals surface area contributed by atoms with Crippen molar-refractivity contribution >= 4 is 38.3 Å². The molecule has 0 radical (unpaired) electrons. The molecule has 35 heavy (non-hydrogen) atoms. The SMILES string of the molecule is CCC(C(=O)NC)N(Cc1cccc(C)c1)C(=O)CCCN1c2cccc3cccc(c23)S1(=O)=O. The third-order valence-electron chi connectivity index (χ3n) is 6.50. The summed E-state index contributed by atoms with van der Waals surface area (Å²) >= 11 is 0. The minimum absolute atomic E-state index is 0.137. The largest absolute Gasteiger partial charge is 0.357 e. The number of nitrogens with one attached hydrogen (secondary N) is 1. The zero-order valence-corrected chi connectivity index (χ0v) is 21.1. The maximum absolute atomic E-state index is 13.4. The van der Waals surface area contributed by atoms with E-state index in [-0.39, 0.29) is 24.8 Å². The molecule has 0 aliphatic carbocycles. The van der Waals surface area contributed by atoms with Crippen molar-refractivity contribution in [3.63, 3.8) is 0 Å². The summed E-state index contributed by atoms with van der Waals surface area (Å²) in [5.74, 6) is -0.382. The van der Waals surface area contributed by atoms with Crippen LogP contribution in [0.1, 0.15) is 37.3 Å². The number of amides is 2. The standard InChI is InChI=1S/C27H31N3O4S/c1-4-22(27(32)28-3)29(18-20-10-5-9-19(2)17-20)25(31)15-8-16-30-23-13-6-11-21-12-7-14-24(26(21)23)35(30,33)34/h5-7,9-14,17,22H,4,8,15-16,18H2,1-3H3,(H,28,32).